The second-order valence-corrected chi connectivity index (χ2v) is 7.71. The van der Waals surface area contributed by atoms with Gasteiger partial charge in [0.05, 0.1) is 5.60 Å². The molecule has 4 rings (SSSR count). The molecule has 1 N–H and O–H groups in total. The second-order valence-electron chi connectivity index (χ2n) is 7.31. The molecule has 0 radical (unpaired) electrons. The van der Waals surface area contributed by atoms with E-state index in [4.69, 9.17) is 16.3 Å². The van der Waals surface area contributed by atoms with Crippen molar-refractivity contribution in [1.82, 2.24) is 14.9 Å². The summed E-state index contributed by atoms with van der Waals surface area (Å²) in [7, 11) is 0. The molecule has 26 heavy (non-hydrogen) atoms. The van der Waals surface area contributed by atoms with Gasteiger partial charge in [-0.2, -0.15) is 0 Å². The van der Waals surface area contributed by atoms with Gasteiger partial charge in [-0.15, -0.1) is 0 Å². The van der Waals surface area contributed by atoms with Crippen molar-refractivity contribution < 1.29 is 4.74 Å². The minimum absolute atomic E-state index is 0.0122. The number of anilines is 1. The van der Waals surface area contributed by atoms with Crippen LogP contribution in [0.5, 0.6) is 0 Å². The Balaban J connectivity index is 1.33. The monoisotopic (exact) mass is 372 g/mol. The molecule has 5 nitrogen and oxygen atoms in total. The van der Waals surface area contributed by atoms with E-state index in [1.54, 1.807) is 12.4 Å². The molecule has 1 atom stereocenters. The van der Waals surface area contributed by atoms with E-state index in [2.05, 4.69) is 32.3 Å². The van der Waals surface area contributed by atoms with Crippen molar-refractivity contribution >= 4 is 17.5 Å². The standard InChI is InChI=1S/C20H25ClN4O/c21-18-5-2-1-4-16(18)15-25-11-7-20(8-12-25)14-17(6-13-26-20)24-19-22-9-3-10-23-19/h1-5,9-10,17H,6-8,11-15H2,(H,22,23,24)/t17-/m0/s1. The summed E-state index contributed by atoms with van der Waals surface area (Å²) in [5, 5.41) is 4.33. The third kappa shape index (κ3) is 4.17. The highest BCUT2D eigenvalue weighted by Gasteiger charge is 2.40. The first kappa shape index (κ1) is 17.7. The number of halogens is 1. The Kier molecular flexibility index (Phi) is 5.38. The van der Waals surface area contributed by atoms with Gasteiger partial charge >= 0.3 is 0 Å². The van der Waals surface area contributed by atoms with Crippen LogP contribution in [-0.4, -0.2) is 46.2 Å². The molecule has 6 heteroatoms. The van der Waals surface area contributed by atoms with Gasteiger partial charge < -0.3 is 10.1 Å². The summed E-state index contributed by atoms with van der Waals surface area (Å²) in [6.07, 6.45) is 7.69. The molecule has 0 bridgehead atoms. The van der Waals surface area contributed by atoms with Gasteiger partial charge in [0.2, 0.25) is 5.95 Å². The summed E-state index contributed by atoms with van der Waals surface area (Å²) in [5.41, 5.74) is 1.19. The van der Waals surface area contributed by atoms with Crippen LogP contribution in [0.15, 0.2) is 42.7 Å². The molecule has 1 spiro atoms. The Morgan fingerprint density at radius 2 is 1.92 bits per heavy atom. The predicted octanol–water partition coefficient (Wildman–Crippen LogP) is 3.76. The fourth-order valence-corrected chi connectivity index (χ4v) is 4.24. The van der Waals surface area contributed by atoms with Gasteiger partial charge in [0.25, 0.3) is 0 Å². The van der Waals surface area contributed by atoms with E-state index in [-0.39, 0.29) is 5.60 Å². The molecule has 2 aliphatic heterocycles. The number of nitrogens with one attached hydrogen (secondary N) is 1. The van der Waals surface area contributed by atoms with Crippen LogP contribution < -0.4 is 5.32 Å². The number of hydrogen-bond acceptors (Lipinski definition) is 5. The molecule has 1 aromatic heterocycles. The molecule has 2 aliphatic rings. The Labute approximate surface area is 159 Å². The highest BCUT2D eigenvalue weighted by atomic mass is 35.5. The maximum atomic E-state index is 6.31. The normalized spacial score (nSPS) is 23.0. The average molecular weight is 373 g/mol. The van der Waals surface area contributed by atoms with Crippen molar-refractivity contribution in [3.8, 4) is 0 Å². The van der Waals surface area contributed by atoms with Gasteiger partial charge in [0, 0.05) is 49.7 Å². The van der Waals surface area contributed by atoms with Gasteiger partial charge in [-0.05, 0) is 43.4 Å². The van der Waals surface area contributed by atoms with E-state index in [1.165, 1.54) is 5.56 Å². The first-order valence-electron chi connectivity index (χ1n) is 9.36. The lowest BCUT2D eigenvalue weighted by molar-refractivity contribution is -0.115. The number of ether oxygens (including phenoxy) is 1. The lowest BCUT2D eigenvalue weighted by atomic mass is 9.82. The van der Waals surface area contributed by atoms with Gasteiger partial charge in [0.15, 0.2) is 0 Å². The van der Waals surface area contributed by atoms with Gasteiger partial charge in [-0.1, -0.05) is 29.8 Å². The first-order chi connectivity index (χ1) is 12.7. The highest BCUT2D eigenvalue weighted by Crippen LogP contribution is 2.36. The molecule has 0 amide bonds. The van der Waals surface area contributed by atoms with Crippen molar-refractivity contribution in [3.05, 3.63) is 53.3 Å². The highest BCUT2D eigenvalue weighted by molar-refractivity contribution is 6.31. The Bertz CT molecular complexity index is 719. The van der Waals surface area contributed by atoms with E-state index in [9.17, 15) is 0 Å². The van der Waals surface area contributed by atoms with Gasteiger partial charge in [-0.3, -0.25) is 4.90 Å². The van der Waals surface area contributed by atoms with Crippen LogP contribution >= 0.6 is 11.6 Å². The number of hydrogen-bond donors (Lipinski definition) is 1. The average Bonchev–Trinajstić information content (AvgIpc) is 2.67. The smallest absolute Gasteiger partial charge is 0.222 e. The van der Waals surface area contributed by atoms with Gasteiger partial charge in [-0.25, -0.2) is 9.97 Å². The molecule has 0 aliphatic carbocycles. The quantitative estimate of drug-likeness (QED) is 0.885. The summed E-state index contributed by atoms with van der Waals surface area (Å²) in [5.74, 6) is 0.714. The number of nitrogens with zero attached hydrogens (tertiary/aromatic N) is 3. The maximum Gasteiger partial charge on any atom is 0.222 e. The van der Waals surface area contributed by atoms with E-state index in [0.29, 0.717) is 12.0 Å². The molecule has 138 valence electrons. The third-order valence-corrected chi connectivity index (χ3v) is 5.88. The summed E-state index contributed by atoms with van der Waals surface area (Å²) < 4.78 is 6.26. The van der Waals surface area contributed by atoms with Crippen molar-refractivity contribution in [3.63, 3.8) is 0 Å². The van der Waals surface area contributed by atoms with Crippen LogP contribution in [0.2, 0.25) is 5.02 Å². The lowest BCUT2D eigenvalue weighted by Gasteiger charge is -2.46. The van der Waals surface area contributed by atoms with Crippen molar-refractivity contribution in [2.45, 2.75) is 43.9 Å². The Morgan fingerprint density at radius 1 is 1.15 bits per heavy atom. The fraction of sp³-hybridized carbons (Fsp3) is 0.500. The summed E-state index contributed by atoms with van der Waals surface area (Å²) >= 11 is 6.31. The fourth-order valence-electron chi connectivity index (χ4n) is 4.04. The summed E-state index contributed by atoms with van der Waals surface area (Å²) in [6.45, 7) is 3.80. The first-order valence-corrected chi connectivity index (χ1v) is 9.74. The van der Waals surface area contributed by atoms with Crippen molar-refractivity contribution in [2.24, 2.45) is 0 Å². The molecule has 1 aromatic carbocycles. The molecular formula is C20H25ClN4O. The molecule has 3 heterocycles. The van der Waals surface area contributed by atoms with Crippen molar-refractivity contribution in [2.75, 3.05) is 25.0 Å². The van der Waals surface area contributed by atoms with Crippen molar-refractivity contribution in [1.29, 1.82) is 0 Å². The molecular weight excluding hydrogens is 348 g/mol. The SMILES string of the molecule is Clc1ccccc1CN1CCC2(CC1)C[C@@H](Nc1ncccn1)CCO2. The van der Waals surface area contributed by atoms with Crippen LogP contribution in [0.1, 0.15) is 31.2 Å². The third-order valence-electron chi connectivity index (χ3n) is 5.51. The van der Waals surface area contributed by atoms with Crippen LogP contribution in [-0.2, 0) is 11.3 Å². The largest absolute Gasteiger partial charge is 0.375 e. The second kappa shape index (κ2) is 7.91. The zero-order valence-corrected chi connectivity index (χ0v) is 15.7. The predicted molar refractivity (Wildman–Crippen MR) is 103 cm³/mol. The molecule has 0 saturated carbocycles. The lowest BCUT2D eigenvalue weighted by Crippen LogP contribution is -2.51. The molecule has 0 unspecified atom stereocenters. The van der Waals surface area contributed by atoms with E-state index in [1.807, 2.05) is 18.2 Å². The number of piperidine rings is 1. The van der Waals surface area contributed by atoms with Crippen LogP contribution in [0.3, 0.4) is 0 Å². The Morgan fingerprint density at radius 3 is 2.69 bits per heavy atom. The number of likely N-dealkylation sites (tertiary alicyclic amines) is 1. The summed E-state index contributed by atoms with van der Waals surface area (Å²) in [6, 6.07) is 10.3. The number of aromatic nitrogens is 2. The molecule has 2 fully saturated rings. The Hall–Kier alpha value is -1.69. The van der Waals surface area contributed by atoms with E-state index < -0.39 is 0 Å². The van der Waals surface area contributed by atoms with Crippen LogP contribution in [0.4, 0.5) is 5.95 Å². The number of rotatable bonds is 4. The van der Waals surface area contributed by atoms with E-state index in [0.717, 1.165) is 56.9 Å². The zero-order chi connectivity index (χ0) is 17.8. The zero-order valence-electron chi connectivity index (χ0n) is 14.9. The minimum atomic E-state index is -0.0122. The molecule has 2 saturated heterocycles. The van der Waals surface area contributed by atoms with Crippen LogP contribution in [0, 0.1) is 0 Å². The van der Waals surface area contributed by atoms with Gasteiger partial charge in [0.1, 0.15) is 0 Å². The molecule has 2 aromatic rings. The van der Waals surface area contributed by atoms with E-state index >= 15 is 0 Å². The summed E-state index contributed by atoms with van der Waals surface area (Å²) in [4.78, 5) is 11.1. The number of benzene rings is 1. The topological polar surface area (TPSA) is 50.3 Å². The maximum absolute atomic E-state index is 6.31. The minimum Gasteiger partial charge on any atom is -0.375 e. The van der Waals surface area contributed by atoms with Crippen LogP contribution in [0.25, 0.3) is 0 Å².